The van der Waals surface area contributed by atoms with E-state index in [0.717, 1.165) is 12.0 Å². The maximum Gasteiger partial charge on any atom is 0.165 e. The summed E-state index contributed by atoms with van der Waals surface area (Å²) >= 11 is 7.69. The molecule has 19 heavy (non-hydrogen) atoms. The monoisotopic (exact) mass is 297 g/mol. The number of halogens is 1. The van der Waals surface area contributed by atoms with Crippen LogP contribution in [0.1, 0.15) is 11.1 Å². The Hall–Kier alpha value is -1.23. The molecule has 0 atom stereocenters. The minimum absolute atomic E-state index is 0.366. The van der Waals surface area contributed by atoms with Gasteiger partial charge in [-0.05, 0) is 28.5 Å². The van der Waals surface area contributed by atoms with Gasteiger partial charge in [-0.2, -0.15) is 11.3 Å². The number of hydrogen-bond donors (Lipinski definition) is 1. The molecule has 0 radical (unpaired) electrons. The number of nitrogens with two attached hydrogens (primary N) is 1. The molecular weight excluding hydrogens is 282 g/mol. The number of benzene rings is 1. The van der Waals surface area contributed by atoms with E-state index in [-0.39, 0.29) is 0 Å². The highest BCUT2D eigenvalue weighted by atomic mass is 35.5. The molecule has 0 unspecified atom stereocenters. The molecule has 0 aliphatic carbocycles. The fraction of sp³-hybridized carbons (Fsp3) is 0.286. The van der Waals surface area contributed by atoms with E-state index in [9.17, 15) is 0 Å². The van der Waals surface area contributed by atoms with Crippen LogP contribution in [0.25, 0.3) is 0 Å². The quantitative estimate of drug-likeness (QED) is 0.887. The van der Waals surface area contributed by atoms with E-state index in [1.54, 1.807) is 24.5 Å². The molecule has 0 aliphatic heterocycles. The number of ether oxygens (including phenoxy) is 2. The minimum atomic E-state index is 0.366. The van der Waals surface area contributed by atoms with Gasteiger partial charge >= 0.3 is 0 Å². The predicted molar refractivity (Wildman–Crippen MR) is 79.4 cm³/mol. The van der Waals surface area contributed by atoms with Crippen molar-refractivity contribution in [2.45, 2.75) is 13.0 Å². The first-order chi connectivity index (χ1) is 9.24. The molecule has 2 aromatic rings. The lowest BCUT2D eigenvalue weighted by Crippen LogP contribution is -2.07. The summed E-state index contributed by atoms with van der Waals surface area (Å²) < 4.78 is 11.1. The van der Waals surface area contributed by atoms with Crippen LogP contribution in [0.5, 0.6) is 11.5 Å². The van der Waals surface area contributed by atoms with E-state index in [2.05, 4.69) is 16.8 Å². The largest absolute Gasteiger partial charge is 0.493 e. The van der Waals surface area contributed by atoms with Crippen LogP contribution in [0.2, 0.25) is 5.02 Å². The molecule has 0 bridgehead atoms. The third-order valence-corrected chi connectivity index (χ3v) is 3.70. The van der Waals surface area contributed by atoms with Gasteiger partial charge in [0, 0.05) is 29.6 Å². The summed E-state index contributed by atoms with van der Waals surface area (Å²) in [7, 11) is 1.59. The van der Waals surface area contributed by atoms with Gasteiger partial charge < -0.3 is 15.2 Å². The zero-order valence-corrected chi connectivity index (χ0v) is 12.3. The Balaban J connectivity index is 2.09. The third-order valence-electron chi connectivity index (χ3n) is 2.75. The summed E-state index contributed by atoms with van der Waals surface area (Å²) in [6.45, 7) is 0.951. The first-order valence-corrected chi connectivity index (χ1v) is 7.27. The molecule has 2 N–H and O–H groups in total. The summed E-state index contributed by atoms with van der Waals surface area (Å²) in [6, 6.07) is 5.64. The number of hydrogen-bond acceptors (Lipinski definition) is 4. The molecule has 0 saturated heterocycles. The minimum Gasteiger partial charge on any atom is -0.493 e. The van der Waals surface area contributed by atoms with Gasteiger partial charge in [0.15, 0.2) is 11.5 Å². The van der Waals surface area contributed by atoms with Crippen LogP contribution < -0.4 is 15.2 Å². The van der Waals surface area contributed by atoms with Crippen molar-refractivity contribution in [1.29, 1.82) is 0 Å². The molecule has 0 amide bonds. The Kier molecular flexibility index (Phi) is 5.07. The molecule has 0 spiro atoms. The highest BCUT2D eigenvalue weighted by Crippen LogP contribution is 2.34. The zero-order chi connectivity index (χ0) is 13.7. The SMILES string of the molecule is COc1cc(Cl)cc(CN)c1OCCc1ccsc1. The Morgan fingerprint density at radius 3 is 2.84 bits per heavy atom. The molecule has 0 fully saturated rings. The Morgan fingerprint density at radius 1 is 1.37 bits per heavy atom. The van der Waals surface area contributed by atoms with Gasteiger partial charge in [0.2, 0.25) is 0 Å². The molecular formula is C14H16ClNO2S. The standard InChI is InChI=1S/C14H16ClNO2S/c1-17-13-7-12(15)6-11(8-16)14(13)18-4-2-10-3-5-19-9-10/h3,5-7,9H,2,4,8,16H2,1H3. The molecule has 2 rings (SSSR count). The molecule has 3 nitrogen and oxygen atoms in total. The average Bonchev–Trinajstić information content (AvgIpc) is 2.92. The van der Waals surface area contributed by atoms with Gasteiger partial charge in [-0.1, -0.05) is 11.6 Å². The summed E-state index contributed by atoms with van der Waals surface area (Å²) in [6.07, 6.45) is 0.860. The second-order valence-electron chi connectivity index (χ2n) is 4.03. The van der Waals surface area contributed by atoms with E-state index < -0.39 is 0 Å². The Bertz CT molecular complexity index is 503. The summed E-state index contributed by atoms with van der Waals surface area (Å²) in [5, 5.41) is 4.78. The lowest BCUT2D eigenvalue weighted by atomic mass is 10.2. The van der Waals surface area contributed by atoms with Crippen molar-refractivity contribution >= 4 is 22.9 Å². The van der Waals surface area contributed by atoms with E-state index >= 15 is 0 Å². The summed E-state index contributed by atoms with van der Waals surface area (Å²) in [4.78, 5) is 0. The Labute approximate surface area is 121 Å². The van der Waals surface area contributed by atoms with Crippen LogP contribution in [0, 0.1) is 0 Å². The lowest BCUT2D eigenvalue weighted by molar-refractivity contribution is 0.294. The van der Waals surface area contributed by atoms with Crippen molar-refractivity contribution in [1.82, 2.24) is 0 Å². The van der Waals surface area contributed by atoms with Crippen LogP contribution >= 0.6 is 22.9 Å². The average molecular weight is 298 g/mol. The molecule has 0 aliphatic rings. The van der Waals surface area contributed by atoms with Crippen LogP contribution in [0.15, 0.2) is 29.0 Å². The van der Waals surface area contributed by atoms with Crippen molar-refractivity contribution in [2.75, 3.05) is 13.7 Å². The normalized spacial score (nSPS) is 10.5. The number of methoxy groups -OCH3 is 1. The molecule has 1 aromatic carbocycles. The molecule has 1 heterocycles. The smallest absolute Gasteiger partial charge is 0.165 e. The van der Waals surface area contributed by atoms with Gasteiger partial charge in [0.05, 0.1) is 13.7 Å². The van der Waals surface area contributed by atoms with Gasteiger partial charge in [-0.15, -0.1) is 0 Å². The molecule has 1 aromatic heterocycles. The summed E-state index contributed by atoms with van der Waals surface area (Å²) in [5.41, 5.74) is 7.84. The van der Waals surface area contributed by atoms with Crippen molar-refractivity contribution in [3.8, 4) is 11.5 Å². The lowest BCUT2D eigenvalue weighted by Gasteiger charge is -2.14. The topological polar surface area (TPSA) is 44.5 Å². The first-order valence-electron chi connectivity index (χ1n) is 5.95. The van der Waals surface area contributed by atoms with Crippen molar-refractivity contribution in [3.05, 3.63) is 45.1 Å². The van der Waals surface area contributed by atoms with E-state index in [1.165, 1.54) is 5.56 Å². The van der Waals surface area contributed by atoms with E-state index in [0.29, 0.717) is 29.7 Å². The van der Waals surface area contributed by atoms with Crippen molar-refractivity contribution in [3.63, 3.8) is 0 Å². The molecule has 102 valence electrons. The zero-order valence-electron chi connectivity index (χ0n) is 10.7. The van der Waals surface area contributed by atoms with Crippen LogP contribution in [0.4, 0.5) is 0 Å². The van der Waals surface area contributed by atoms with E-state index in [1.807, 2.05) is 6.07 Å². The van der Waals surface area contributed by atoms with Crippen LogP contribution in [0.3, 0.4) is 0 Å². The maximum absolute atomic E-state index is 6.01. The van der Waals surface area contributed by atoms with Gasteiger partial charge in [-0.3, -0.25) is 0 Å². The highest BCUT2D eigenvalue weighted by Gasteiger charge is 2.11. The second kappa shape index (κ2) is 6.80. The van der Waals surface area contributed by atoms with Crippen molar-refractivity contribution in [2.24, 2.45) is 5.73 Å². The van der Waals surface area contributed by atoms with Gasteiger partial charge in [-0.25, -0.2) is 0 Å². The van der Waals surface area contributed by atoms with Crippen LogP contribution in [-0.2, 0) is 13.0 Å². The number of rotatable bonds is 6. The predicted octanol–water partition coefficient (Wildman–Crippen LogP) is 3.49. The fourth-order valence-electron chi connectivity index (χ4n) is 1.80. The fourth-order valence-corrected chi connectivity index (χ4v) is 2.73. The summed E-state index contributed by atoms with van der Waals surface area (Å²) in [5.74, 6) is 1.31. The van der Waals surface area contributed by atoms with Gasteiger partial charge in [0.25, 0.3) is 0 Å². The van der Waals surface area contributed by atoms with E-state index in [4.69, 9.17) is 26.8 Å². The van der Waals surface area contributed by atoms with Crippen molar-refractivity contribution < 1.29 is 9.47 Å². The highest BCUT2D eigenvalue weighted by molar-refractivity contribution is 7.07. The van der Waals surface area contributed by atoms with Gasteiger partial charge in [0.1, 0.15) is 0 Å². The molecule has 5 heteroatoms. The maximum atomic E-state index is 6.01. The number of thiophene rings is 1. The second-order valence-corrected chi connectivity index (χ2v) is 5.25. The Morgan fingerprint density at radius 2 is 2.21 bits per heavy atom. The molecule has 0 saturated carbocycles. The first kappa shape index (κ1) is 14.2. The third kappa shape index (κ3) is 3.62. The van der Waals surface area contributed by atoms with Crippen LogP contribution in [-0.4, -0.2) is 13.7 Å².